The minimum absolute atomic E-state index is 0.142. The highest BCUT2D eigenvalue weighted by Gasteiger charge is 2.26. The number of aryl methyl sites for hydroxylation is 1. The number of rotatable bonds is 6. The van der Waals surface area contributed by atoms with Crippen molar-refractivity contribution < 1.29 is 9.59 Å². The third-order valence-corrected chi connectivity index (χ3v) is 8.18. The van der Waals surface area contributed by atoms with Crippen LogP contribution in [0.2, 0.25) is 0 Å². The Morgan fingerprint density at radius 1 is 0.949 bits per heavy atom. The fourth-order valence-corrected chi connectivity index (χ4v) is 6.04. The van der Waals surface area contributed by atoms with Crippen molar-refractivity contribution >= 4 is 45.3 Å². The van der Waals surface area contributed by atoms with E-state index in [2.05, 4.69) is 15.1 Å². The zero-order valence-electron chi connectivity index (χ0n) is 22.7. The van der Waals surface area contributed by atoms with Crippen LogP contribution in [0.25, 0.3) is 27.7 Å². The molecule has 2 aliphatic heterocycles. The third kappa shape index (κ3) is 4.42. The van der Waals surface area contributed by atoms with Crippen molar-refractivity contribution in [2.75, 3.05) is 57.3 Å². The maximum atomic E-state index is 13.9. The van der Waals surface area contributed by atoms with E-state index in [9.17, 15) is 14.4 Å². The van der Waals surface area contributed by atoms with Gasteiger partial charge in [0.15, 0.2) is 5.65 Å². The van der Waals surface area contributed by atoms with Crippen molar-refractivity contribution in [3.63, 3.8) is 0 Å². The molecular formula is C29H35N7O3. The van der Waals surface area contributed by atoms with Gasteiger partial charge in [0.1, 0.15) is 17.0 Å². The molecule has 0 saturated carbocycles. The summed E-state index contributed by atoms with van der Waals surface area (Å²) in [6, 6.07) is 11.5. The molecule has 204 valence electrons. The molecule has 0 atom stereocenters. The minimum Gasteiger partial charge on any atom is -0.353 e. The third-order valence-electron chi connectivity index (χ3n) is 8.18. The number of likely N-dealkylation sites (tertiary alicyclic amines) is 1. The van der Waals surface area contributed by atoms with Gasteiger partial charge in [-0.2, -0.15) is 0 Å². The molecular weight excluding hydrogens is 494 g/mol. The highest BCUT2D eigenvalue weighted by Crippen LogP contribution is 2.27. The summed E-state index contributed by atoms with van der Waals surface area (Å²) >= 11 is 0. The molecule has 39 heavy (non-hydrogen) atoms. The number of carbonyl (C=O) groups excluding carboxylic acids is 2. The number of piperazine rings is 1. The highest BCUT2D eigenvalue weighted by atomic mass is 16.2. The number of aromatic nitrogens is 3. The number of nitrogens with zero attached hydrogens (tertiary/aromatic N) is 6. The lowest BCUT2D eigenvalue weighted by molar-refractivity contribution is -0.131. The summed E-state index contributed by atoms with van der Waals surface area (Å²) in [6.45, 7) is 7.91. The van der Waals surface area contributed by atoms with Gasteiger partial charge in [0.2, 0.25) is 11.3 Å². The van der Waals surface area contributed by atoms with Crippen LogP contribution in [0.15, 0.2) is 41.2 Å². The second-order valence-corrected chi connectivity index (χ2v) is 10.5. The molecule has 3 aromatic heterocycles. The van der Waals surface area contributed by atoms with Gasteiger partial charge >= 0.3 is 0 Å². The Balaban J connectivity index is 1.43. The Labute approximate surface area is 226 Å². The number of benzene rings is 1. The van der Waals surface area contributed by atoms with Gasteiger partial charge in [-0.05, 0) is 50.2 Å². The van der Waals surface area contributed by atoms with Crippen molar-refractivity contribution in [2.45, 2.75) is 26.2 Å². The zero-order chi connectivity index (χ0) is 27.1. The molecule has 0 unspecified atom stereocenters. The number of fused-ring (bicyclic) bond motifs is 5. The van der Waals surface area contributed by atoms with E-state index in [0.29, 0.717) is 55.8 Å². The molecule has 4 aromatic rings. The van der Waals surface area contributed by atoms with Crippen LogP contribution in [0.4, 0.5) is 5.82 Å². The lowest BCUT2D eigenvalue weighted by Crippen LogP contribution is -2.48. The maximum Gasteiger partial charge on any atom is 0.259 e. The number of hydrogen-bond acceptors (Lipinski definition) is 6. The van der Waals surface area contributed by atoms with Crippen molar-refractivity contribution in [3.05, 3.63) is 52.2 Å². The van der Waals surface area contributed by atoms with Gasteiger partial charge in [-0.1, -0.05) is 19.1 Å². The molecule has 2 fully saturated rings. The molecule has 1 aromatic carbocycles. The molecule has 0 radical (unpaired) electrons. The van der Waals surface area contributed by atoms with Gasteiger partial charge < -0.3 is 24.6 Å². The summed E-state index contributed by atoms with van der Waals surface area (Å²) in [5, 5.41) is 3.42. The van der Waals surface area contributed by atoms with E-state index in [1.807, 2.05) is 58.2 Å². The van der Waals surface area contributed by atoms with Crippen molar-refractivity contribution in [2.24, 2.45) is 7.05 Å². The first-order valence-electron chi connectivity index (χ1n) is 13.9. The van der Waals surface area contributed by atoms with Gasteiger partial charge in [-0.15, -0.1) is 0 Å². The van der Waals surface area contributed by atoms with Gasteiger partial charge in [0.25, 0.3) is 5.91 Å². The molecule has 0 spiro atoms. The molecule has 2 amide bonds. The molecule has 2 aliphatic rings. The summed E-state index contributed by atoms with van der Waals surface area (Å²) in [6.07, 6.45) is 2.89. The Hall–Kier alpha value is -3.92. The van der Waals surface area contributed by atoms with Crippen molar-refractivity contribution in [1.82, 2.24) is 29.1 Å². The largest absolute Gasteiger partial charge is 0.353 e. The minimum atomic E-state index is -0.356. The molecule has 10 heteroatoms. The summed E-state index contributed by atoms with van der Waals surface area (Å²) in [4.78, 5) is 50.9. The van der Waals surface area contributed by atoms with Gasteiger partial charge in [-0.25, -0.2) is 4.98 Å². The number of nitrogens with one attached hydrogen (secondary N) is 1. The van der Waals surface area contributed by atoms with Crippen molar-refractivity contribution in [3.8, 4) is 0 Å². The van der Waals surface area contributed by atoms with Crippen LogP contribution in [0, 0.1) is 0 Å². The highest BCUT2D eigenvalue weighted by molar-refractivity contribution is 6.05. The predicted molar refractivity (Wildman–Crippen MR) is 153 cm³/mol. The van der Waals surface area contributed by atoms with Crippen LogP contribution in [0.1, 0.15) is 36.5 Å². The smallest absolute Gasteiger partial charge is 0.259 e. The summed E-state index contributed by atoms with van der Waals surface area (Å²) < 4.78 is 3.86. The Kier molecular flexibility index (Phi) is 6.72. The zero-order valence-corrected chi connectivity index (χ0v) is 22.7. The number of para-hydroxylation sites is 2. The number of amides is 2. The second-order valence-electron chi connectivity index (χ2n) is 10.5. The Morgan fingerprint density at radius 3 is 2.38 bits per heavy atom. The number of pyridine rings is 2. The average Bonchev–Trinajstić information content (AvgIpc) is 3.59. The first kappa shape index (κ1) is 25.4. The predicted octanol–water partition coefficient (Wildman–Crippen LogP) is 2.22. The van der Waals surface area contributed by atoms with E-state index in [4.69, 9.17) is 4.98 Å². The molecule has 0 bridgehead atoms. The van der Waals surface area contributed by atoms with E-state index in [1.54, 1.807) is 6.07 Å². The fourth-order valence-electron chi connectivity index (χ4n) is 6.04. The molecule has 5 heterocycles. The Bertz CT molecular complexity index is 1630. The van der Waals surface area contributed by atoms with Crippen molar-refractivity contribution in [1.29, 1.82) is 0 Å². The van der Waals surface area contributed by atoms with Gasteiger partial charge in [-0.3, -0.25) is 18.8 Å². The molecule has 0 aliphatic carbocycles. The first-order valence-corrected chi connectivity index (χ1v) is 13.9. The van der Waals surface area contributed by atoms with E-state index < -0.39 is 0 Å². The molecule has 10 nitrogen and oxygen atoms in total. The van der Waals surface area contributed by atoms with E-state index in [1.165, 1.54) is 12.8 Å². The van der Waals surface area contributed by atoms with Crippen LogP contribution in [0.5, 0.6) is 0 Å². The number of imidazole rings is 1. The van der Waals surface area contributed by atoms with E-state index in [0.717, 1.165) is 36.5 Å². The Morgan fingerprint density at radius 2 is 1.67 bits per heavy atom. The number of anilines is 1. The monoisotopic (exact) mass is 529 g/mol. The number of hydrogen-bond donors (Lipinski definition) is 1. The van der Waals surface area contributed by atoms with Crippen LogP contribution < -0.4 is 15.6 Å². The van der Waals surface area contributed by atoms with E-state index in [-0.39, 0.29) is 22.8 Å². The van der Waals surface area contributed by atoms with Gasteiger partial charge in [0, 0.05) is 52.7 Å². The van der Waals surface area contributed by atoms with Crippen LogP contribution in [-0.2, 0) is 11.8 Å². The fraction of sp³-hybridized carbons (Fsp3) is 0.448. The second kappa shape index (κ2) is 10.3. The standard InChI is InChI=1S/C29H35N7O3/c1-3-24(37)35-18-16-34(17-19-35)23-11-10-20-26(38)25(28(39)30-12-15-33-13-6-7-14-33)29-32(2)21-8-4-5-9-22(21)36(29)27(20)31-23/h4-5,8-11H,3,6-7,12-19H2,1-2H3,(H,30,39). The van der Waals surface area contributed by atoms with Crippen LogP contribution in [-0.4, -0.2) is 87.9 Å². The topological polar surface area (TPSA) is 95.2 Å². The lowest BCUT2D eigenvalue weighted by Gasteiger charge is -2.35. The van der Waals surface area contributed by atoms with E-state index >= 15 is 0 Å². The number of carbonyl (C=O) groups is 2. The summed E-state index contributed by atoms with van der Waals surface area (Å²) in [5.74, 6) is 0.566. The average molecular weight is 530 g/mol. The molecule has 1 N–H and O–H groups in total. The molecule has 2 saturated heterocycles. The SMILES string of the molecule is CCC(=O)N1CCN(c2ccc3c(=O)c(C(=O)NCCN4CCCC4)c4n(C)c5ccccc5n4c3n2)CC1. The van der Waals surface area contributed by atoms with Gasteiger partial charge in [0.05, 0.1) is 16.4 Å². The quantitative estimate of drug-likeness (QED) is 0.412. The summed E-state index contributed by atoms with van der Waals surface area (Å²) in [5.41, 5.74) is 2.69. The maximum absolute atomic E-state index is 13.9. The first-order chi connectivity index (χ1) is 19.0. The summed E-state index contributed by atoms with van der Waals surface area (Å²) in [7, 11) is 1.89. The van der Waals surface area contributed by atoms with Crippen LogP contribution >= 0.6 is 0 Å². The lowest BCUT2D eigenvalue weighted by atomic mass is 10.1. The normalized spacial score (nSPS) is 16.6. The van der Waals surface area contributed by atoms with Crippen LogP contribution in [0.3, 0.4) is 0 Å². The molecule has 6 rings (SSSR count).